The van der Waals surface area contributed by atoms with E-state index in [0.717, 1.165) is 0 Å². The minimum Gasteiger partial charge on any atom is -0.488 e. The number of benzene rings is 3. The van der Waals surface area contributed by atoms with Crippen molar-refractivity contribution >= 4 is 11.9 Å². The lowest BCUT2D eigenvalue weighted by molar-refractivity contribution is -0.384. The van der Waals surface area contributed by atoms with E-state index in [9.17, 15) is 14.5 Å². The highest BCUT2D eigenvalue weighted by Gasteiger charge is 2.06. The van der Waals surface area contributed by atoms with Gasteiger partial charge in [-0.2, -0.15) is 0 Å². The Morgan fingerprint density at radius 3 is 2.50 bits per heavy atom. The summed E-state index contributed by atoms with van der Waals surface area (Å²) >= 11 is 0. The summed E-state index contributed by atoms with van der Waals surface area (Å²) < 4.78 is 19.0. The van der Waals surface area contributed by atoms with Crippen LogP contribution in [0.15, 0.2) is 78.0 Å². The van der Waals surface area contributed by atoms with Gasteiger partial charge in [0.25, 0.3) is 5.69 Å². The molecule has 0 N–H and O–H groups in total. The molecule has 6 nitrogen and oxygen atoms in total. The third-order valence-corrected chi connectivity index (χ3v) is 3.82. The molecule has 0 unspecified atom stereocenters. The molecule has 3 aromatic rings. The van der Waals surface area contributed by atoms with E-state index in [-0.39, 0.29) is 24.7 Å². The van der Waals surface area contributed by atoms with Crippen LogP contribution in [-0.4, -0.2) is 11.1 Å². The second kappa shape index (κ2) is 9.27. The standard InChI is InChI=1S/C21H17FN2O4/c22-19-8-3-5-16(11-19)14-27-21-10-2-1-7-18(21)13-23-28-15-17-6-4-9-20(12-17)24(25)26/h1-13H,14-15H2/b23-13-. The number of nitro groups is 1. The lowest BCUT2D eigenvalue weighted by Crippen LogP contribution is -1.99. The number of nitro benzene ring substituents is 1. The number of halogens is 1. The Morgan fingerprint density at radius 1 is 0.964 bits per heavy atom. The quantitative estimate of drug-likeness (QED) is 0.318. The smallest absolute Gasteiger partial charge is 0.269 e. The number of ether oxygens (including phenoxy) is 1. The van der Waals surface area contributed by atoms with Crippen molar-refractivity contribution in [1.82, 2.24) is 0 Å². The molecule has 0 spiro atoms. The van der Waals surface area contributed by atoms with Crippen LogP contribution >= 0.6 is 0 Å². The summed E-state index contributed by atoms with van der Waals surface area (Å²) in [6.45, 7) is 0.321. The molecule has 3 rings (SSSR count). The van der Waals surface area contributed by atoms with Gasteiger partial charge in [0, 0.05) is 17.7 Å². The second-order valence-corrected chi connectivity index (χ2v) is 5.89. The van der Waals surface area contributed by atoms with Crippen molar-refractivity contribution in [3.63, 3.8) is 0 Å². The van der Waals surface area contributed by atoms with Crippen molar-refractivity contribution < 1.29 is 18.9 Å². The van der Waals surface area contributed by atoms with E-state index in [2.05, 4.69) is 5.16 Å². The highest BCUT2D eigenvalue weighted by Crippen LogP contribution is 2.18. The topological polar surface area (TPSA) is 74.0 Å². The number of oxime groups is 1. The van der Waals surface area contributed by atoms with Gasteiger partial charge >= 0.3 is 0 Å². The van der Waals surface area contributed by atoms with Crippen LogP contribution in [0.3, 0.4) is 0 Å². The fourth-order valence-electron chi connectivity index (χ4n) is 2.47. The zero-order valence-electron chi connectivity index (χ0n) is 14.8. The molecular weight excluding hydrogens is 363 g/mol. The molecule has 0 saturated carbocycles. The van der Waals surface area contributed by atoms with Gasteiger partial charge in [-0.05, 0) is 35.4 Å². The van der Waals surface area contributed by atoms with Crippen molar-refractivity contribution in [2.24, 2.45) is 5.16 Å². The second-order valence-electron chi connectivity index (χ2n) is 5.89. The maximum atomic E-state index is 13.3. The molecule has 0 fully saturated rings. The summed E-state index contributed by atoms with van der Waals surface area (Å²) in [5, 5.41) is 14.7. The first-order valence-corrected chi connectivity index (χ1v) is 8.47. The third-order valence-electron chi connectivity index (χ3n) is 3.82. The molecule has 0 aliphatic carbocycles. The fraction of sp³-hybridized carbons (Fsp3) is 0.0952. The molecule has 0 aliphatic rings. The number of hydrogen-bond donors (Lipinski definition) is 0. The van der Waals surface area contributed by atoms with Gasteiger partial charge in [0.1, 0.15) is 24.8 Å². The minimum absolute atomic E-state index is 0.00109. The lowest BCUT2D eigenvalue weighted by atomic mass is 10.2. The Kier molecular flexibility index (Phi) is 6.30. The molecule has 0 bridgehead atoms. The van der Waals surface area contributed by atoms with Crippen molar-refractivity contribution in [1.29, 1.82) is 0 Å². The summed E-state index contributed by atoms with van der Waals surface area (Å²) in [7, 11) is 0. The molecule has 0 amide bonds. The van der Waals surface area contributed by atoms with E-state index >= 15 is 0 Å². The van der Waals surface area contributed by atoms with E-state index < -0.39 is 4.92 Å². The molecule has 0 heterocycles. The van der Waals surface area contributed by atoms with E-state index in [1.54, 1.807) is 36.4 Å². The fourth-order valence-corrected chi connectivity index (χ4v) is 2.47. The first-order chi connectivity index (χ1) is 13.6. The normalized spacial score (nSPS) is 10.8. The SMILES string of the molecule is O=[N+]([O-])c1cccc(CO/N=C\c2ccccc2OCc2cccc(F)c2)c1. The molecular formula is C21H17FN2O4. The lowest BCUT2D eigenvalue weighted by Gasteiger charge is -2.09. The highest BCUT2D eigenvalue weighted by atomic mass is 19.1. The summed E-state index contributed by atoms with van der Waals surface area (Å²) in [6, 6.07) is 19.6. The van der Waals surface area contributed by atoms with Crippen LogP contribution < -0.4 is 4.74 Å². The summed E-state index contributed by atoms with van der Waals surface area (Å²) in [6.07, 6.45) is 1.50. The van der Waals surface area contributed by atoms with Crippen LogP contribution in [-0.2, 0) is 18.1 Å². The van der Waals surface area contributed by atoms with Gasteiger partial charge in [-0.3, -0.25) is 10.1 Å². The first kappa shape index (κ1) is 19.0. The van der Waals surface area contributed by atoms with Gasteiger partial charge in [0.15, 0.2) is 0 Å². The molecule has 0 saturated heterocycles. The molecule has 3 aromatic carbocycles. The monoisotopic (exact) mass is 380 g/mol. The minimum atomic E-state index is -0.459. The van der Waals surface area contributed by atoms with Gasteiger partial charge in [-0.25, -0.2) is 4.39 Å². The molecule has 7 heteroatoms. The average molecular weight is 380 g/mol. The van der Waals surface area contributed by atoms with Crippen LogP contribution in [0.5, 0.6) is 5.75 Å². The maximum Gasteiger partial charge on any atom is 0.269 e. The predicted molar refractivity (Wildman–Crippen MR) is 103 cm³/mol. The Hall–Kier alpha value is -3.74. The van der Waals surface area contributed by atoms with Gasteiger partial charge in [0.2, 0.25) is 0 Å². The summed E-state index contributed by atoms with van der Waals surface area (Å²) in [5.74, 6) is 0.264. The molecule has 0 atom stereocenters. The zero-order chi connectivity index (χ0) is 19.8. The number of hydrogen-bond acceptors (Lipinski definition) is 5. The van der Waals surface area contributed by atoms with Gasteiger partial charge in [-0.1, -0.05) is 41.6 Å². The molecule has 28 heavy (non-hydrogen) atoms. The van der Waals surface area contributed by atoms with E-state index in [1.807, 2.05) is 12.1 Å². The Morgan fingerprint density at radius 2 is 1.71 bits per heavy atom. The van der Waals surface area contributed by atoms with Crippen LogP contribution in [0, 0.1) is 15.9 Å². The predicted octanol–water partition coefficient (Wildman–Crippen LogP) is 4.86. The van der Waals surface area contributed by atoms with Crippen LogP contribution in [0.1, 0.15) is 16.7 Å². The Balaban J connectivity index is 1.59. The molecule has 142 valence electrons. The Labute approximate surface area is 161 Å². The van der Waals surface area contributed by atoms with Crippen molar-refractivity contribution in [2.45, 2.75) is 13.2 Å². The van der Waals surface area contributed by atoms with Crippen molar-refractivity contribution in [2.75, 3.05) is 0 Å². The van der Waals surface area contributed by atoms with Gasteiger partial charge < -0.3 is 9.57 Å². The largest absolute Gasteiger partial charge is 0.488 e. The zero-order valence-corrected chi connectivity index (χ0v) is 14.8. The third kappa shape index (κ3) is 5.38. The molecule has 0 aliphatic heterocycles. The van der Waals surface area contributed by atoms with Crippen LogP contribution in [0.4, 0.5) is 10.1 Å². The van der Waals surface area contributed by atoms with E-state index in [1.165, 1.54) is 30.5 Å². The van der Waals surface area contributed by atoms with Crippen molar-refractivity contribution in [3.8, 4) is 5.75 Å². The summed E-state index contributed by atoms with van der Waals surface area (Å²) in [5.41, 5.74) is 2.05. The Bertz CT molecular complexity index is 991. The van der Waals surface area contributed by atoms with E-state index in [4.69, 9.17) is 9.57 Å². The number of para-hydroxylation sites is 1. The first-order valence-electron chi connectivity index (χ1n) is 8.47. The summed E-state index contributed by atoms with van der Waals surface area (Å²) in [4.78, 5) is 15.6. The highest BCUT2D eigenvalue weighted by molar-refractivity contribution is 5.83. The molecule has 0 radical (unpaired) electrons. The number of non-ortho nitro benzene ring substituents is 1. The van der Waals surface area contributed by atoms with E-state index in [0.29, 0.717) is 22.4 Å². The number of nitrogens with zero attached hydrogens (tertiary/aromatic N) is 2. The molecule has 0 aromatic heterocycles. The maximum absolute atomic E-state index is 13.3. The van der Waals surface area contributed by atoms with Crippen LogP contribution in [0.2, 0.25) is 0 Å². The van der Waals surface area contributed by atoms with Crippen molar-refractivity contribution in [3.05, 3.63) is 105 Å². The average Bonchev–Trinajstić information content (AvgIpc) is 2.70. The van der Waals surface area contributed by atoms with Gasteiger partial charge in [0.05, 0.1) is 11.1 Å². The van der Waals surface area contributed by atoms with Crippen LogP contribution in [0.25, 0.3) is 0 Å². The number of rotatable bonds is 8. The van der Waals surface area contributed by atoms with Gasteiger partial charge in [-0.15, -0.1) is 0 Å².